The topological polar surface area (TPSA) is 87.5 Å². The van der Waals surface area contributed by atoms with Crippen LogP contribution >= 0.6 is 0 Å². The van der Waals surface area contributed by atoms with Crippen LogP contribution in [0.25, 0.3) is 10.9 Å². The van der Waals surface area contributed by atoms with E-state index < -0.39 is 11.9 Å². The Bertz CT molecular complexity index is 1020. The molecule has 0 aliphatic heterocycles. The molecule has 3 rings (SSSR count). The highest BCUT2D eigenvalue weighted by Gasteiger charge is 2.09. The predicted octanol–water partition coefficient (Wildman–Crippen LogP) is 2.57. The second kappa shape index (κ2) is 8.27. The van der Waals surface area contributed by atoms with Crippen molar-refractivity contribution >= 4 is 22.8 Å². The number of methoxy groups -OCH3 is 1. The van der Waals surface area contributed by atoms with Gasteiger partial charge in [0.25, 0.3) is 5.56 Å². The molecule has 3 aromatic rings. The largest absolute Gasteiger partial charge is 0.465 e. The van der Waals surface area contributed by atoms with Crippen LogP contribution in [-0.2, 0) is 16.1 Å². The van der Waals surface area contributed by atoms with Gasteiger partial charge in [-0.3, -0.25) is 14.2 Å². The van der Waals surface area contributed by atoms with E-state index in [9.17, 15) is 14.4 Å². The fourth-order valence-corrected chi connectivity index (χ4v) is 2.62. The van der Waals surface area contributed by atoms with Crippen LogP contribution in [0.5, 0.6) is 5.75 Å². The van der Waals surface area contributed by atoms with Crippen molar-refractivity contribution in [2.24, 2.45) is 0 Å². The van der Waals surface area contributed by atoms with E-state index in [4.69, 9.17) is 4.74 Å². The number of aromatic nitrogens is 2. The number of hydrogen-bond acceptors (Lipinski definition) is 6. The minimum absolute atomic E-state index is 0.132. The van der Waals surface area contributed by atoms with Gasteiger partial charge >= 0.3 is 11.9 Å². The van der Waals surface area contributed by atoms with Gasteiger partial charge in [0, 0.05) is 13.0 Å². The molecule has 27 heavy (non-hydrogen) atoms. The number of aryl methyl sites for hydroxylation is 1. The van der Waals surface area contributed by atoms with Crippen molar-refractivity contribution in [3.63, 3.8) is 0 Å². The molecule has 7 nitrogen and oxygen atoms in total. The molecule has 0 atom stereocenters. The zero-order valence-corrected chi connectivity index (χ0v) is 14.8. The first-order valence-electron chi connectivity index (χ1n) is 8.42. The molecule has 0 saturated carbocycles. The van der Waals surface area contributed by atoms with Gasteiger partial charge in [-0.25, -0.2) is 9.78 Å². The summed E-state index contributed by atoms with van der Waals surface area (Å²) in [7, 11) is 1.30. The highest BCUT2D eigenvalue weighted by Crippen LogP contribution is 2.14. The van der Waals surface area contributed by atoms with E-state index in [0.717, 1.165) is 0 Å². The number of esters is 2. The Morgan fingerprint density at radius 3 is 2.56 bits per heavy atom. The molecule has 7 heteroatoms. The summed E-state index contributed by atoms with van der Waals surface area (Å²) in [5.41, 5.74) is 0.890. The van der Waals surface area contributed by atoms with E-state index in [1.807, 2.05) is 6.07 Å². The third-order valence-corrected chi connectivity index (χ3v) is 4.02. The normalized spacial score (nSPS) is 10.6. The molecule has 0 radical (unpaired) electrons. The maximum Gasteiger partial charge on any atom is 0.337 e. The van der Waals surface area contributed by atoms with Gasteiger partial charge in [-0.2, -0.15) is 0 Å². The van der Waals surface area contributed by atoms with Crippen molar-refractivity contribution in [2.75, 3.05) is 7.11 Å². The molecule has 1 heterocycles. The van der Waals surface area contributed by atoms with Crippen molar-refractivity contribution in [3.05, 3.63) is 70.8 Å². The summed E-state index contributed by atoms with van der Waals surface area (Å²) in [5, 5.41) is 0.549. The summed E-state index contributed by atoms with van der Waals surface area (Å²) in [6.07, 6.45) is 2.08. The van der Waals surface area contributed by atoms with Crippen molar-refractivity contribution in [2.45, 2.75) is 19.4 Å². The zero-order valence-electron chi connectivity index (χ0n) is 14.8. The lowest BCUT2D eigenvalue weighted by atomic mass is 10.2. The number of nitrogens with zero attached hydrogens (tertiary/aromatic N) is 2. The Labute approximate surface area is 155 Å². The molecule has 0 amide bonds. The second-order valence-corrected chi connectivity index (χ2v) is 5.85. The van der Waals surface area contributed by atoms with E-state index in [2.05, 4.69) is 9.72 Å². The number of ether oxygens (including phenoxy) is 2. The Balaban J connectivity index is 1.55. The quantitative estimate of drug-likeness (QED) is 0.492. The third-order valence-electron chi connectivity index (χ3n) is 4.02. The van der Waals surface area contributed by atoms with Crippen LogP contribution in [0.4, 0.5) is 0 Å². The van der Waals surface area contributed by atoms with Crippen LogP contribution in [0, 0.1) is 0 Å². The first-order valence-corrected chi connectivity index (χ1v) is 8.42. The summed E-state index contributed by atoms with van der Waals surface area (Å²) >= 11 is 0. The third kappa shape index (κ3) is 4.38. The van der Waals surface area contributed by atoms with Gasteiger partial charge in [-0.15, -0.1) is 0 Å². The van der Waals surface area contributed by atoms with Crippen LogP contribution in [0.15, 0.2) is 59.7 Å². The van der Waals surface area contributed by atoms with Crippen LogP contribution < -0.4 is 10.3 Å². The van der Waals surface area contributed by atoms with Gasteiger partial charge in [0.15, 0.2) is 0 Å². The second-order valence-electron chi connectivity index (χ2n) is 5.85. The van der Waals surface area contributed by atoms with Crippen LogP contribution in [0.2, 0.25) is 0 Å². The Kier molecular flexibility index (Phi) is 5.61. The summed E-state index contributed by atoms with van der Waals surface area (Å²) in [4.78, 5) is 39.9. The molecular weight excluding hydrogens is 348 g/mol. The number of fused-ring (bicyclic) bond motifs is 1. The maximum absolute atomic E-state index is 12.4. The first kappa shape index (κ1) is 18.3. The minimum atomic E-state index is -0.456. The molecule has 0 unspecified atom stereocenters. The van der Waals surface area contributed by atoms with Gasteiger partial charge in [0.1, 0.15) is 5.75 Å². The highest BCUT2D eigenvalue weighted by molar-refractivity contribution is 5.89. The standard InChI is InChI=1S/C20H18N2O5/c1-26-20(25)14-8-10-15(11-9-14)27-18(23)7-4-12-22-13-21-17-6-3-2-5-16(17)19(22)24/h2-3,5-6,8-11,13H,4,7,12H2,1H3. The van der Waals surface area contributed by atoms with E-state index >= 15 is 0 Å². The average Bonchev–Trinajstić information content (AvgIpc) is 2.70. The molecule has 1 aromatic heterocycles. The lowest BCUT2D eigenvalue weighted by molar-refractivity contribution is -0.134. The molecule has 0 aliphatic rings. The van der Waals surface area contributed by atoms with Crippen LogP contribution in [0.3, 0.4) is 0 Å². The molecular formula is C20H18N2O5. The molecule has 0 fully saturated rings. The number of carbonyl (C=O) groups is 2. The van der Waals surface area contributed by atoms with Crippen LogP contribution in [-0.4, -0.2) is 28.6 Å². The Hall–Kier alpha value is -3.48. The molecule has 0 N–H and O–H groups in total. The smallest absolute Gasteiger partial charge is 0.337 e. The summed E-state index contributed by atoms with van der Waals surface area (Å²) < 4.78 is 11.3. The summed E-state index contributed by atoms with van der Waals surface area (Å²) in [5.74, 6) is -0.526. The SMILES string of the molecule is COC(=O)c1ccc(OC(=O)CCCn2cnc3ccccc3c2=O)cc1. The number of hydrogen-bond donors (Lipinski definition) is 0. The fraction of sp³-hybridized carbons (Fsp3) is 0.200. The Morgan fingerprint density at radius 1 is 1.07 bits per heavy atom. The molecule has 0 saturated heterocycles. The summed E-state index contributed by atoms with van der Waals surface area (Å²) in [6.45, 7) is 0.368. The van der Waals surface area contributed by atoms with Crippen molar-refractivity contribution in [1.82, 2.24) is 9.55 Å². The van der Waals surface area contributed by atoms with Gasteiger partial charge in [0.2, 0.25) is 0 Å². The molecule has 0 bridgehead atoms. The monoisotopic (exact) mass is 366 g/mol. The molecule has 138 valence electrons. The zero-order chi connectivity index (χ0) is 19.2. The van der Waals surface area contributed by atoms with E-state index in [1.165, 1.54) is 42.3 Å². The van der Waals surface area contributed by atoms with Crippen molar-refractivity contribution in [3.8, 4) is 5.75 Å². The average molecular weight is 366 g/mol. The summed E-state index contributed by atoms with van der Waals surface area (Å²) in [6, 6.07) is 13.2. The van der Waals surface area contributed by atoms with Gasteiger partial charge in [-0.1, -0.05) is 12.1 Å². The van der Waals surface area contributed by atoms with Gasteiger partial charge in [0.05, 0.1) is 29.9 Å². The minimum Gasteiger partial charge on any atom is -0.465 e. The molecule has 0 aliphatic carbocycles. The maximum atomic E-state index is 12.4. The lowest BCUT2D eigenvalue weighted by Gasteiger charge is -2.07. The predicted molar refractivity (Wildman–Crippen MR) is 98.7 cm³/mol. The highest BCUT2D eigenvalue weighted by atomic mass is 16.5. The first-order chi connectivity index (χ1) is 13.1. The number of rotatable bonds is 6. The fourth-order valence-electron chi connectivity index (χ4n) is 2.62. The van der Waals surface area contributed by atoms with Crippen molar-refractivity contribution in [1.29, 1.82) is 0 Å². The number of carbonyl (C=O) groups excluding carboxylic acids is 2. The number of para-hydroxylation sites is 1. The van der Waals surface area contributed by atoms with Gasteiger partial charge in [-0.05, 0) is 42.8 Å². The van der Waals surface area contributed by atoms with Crippen LogP contribution in [0.1, 0.15) is 23.2 Å². The van der Waals surface area contributed by atoms with Gasteiger partial charge < -0.3 is 9.47 Å². The molecule has 2 aromatic carbocycles. The number of benzene rings is 2. The molecule has 0 spiro atoms. The van der Waals surface area contributed by atoms with Crippen molar-refractivity contribution < 1.29 is 19.1 Å². The van der Waals surface area contributed by atoms with E-state index in [-0.39, 0.29) is 12.0 Å². The lowest BCUT2D eigenvalue weighted by Crippen LogP contribution is -2.21. The Morgan fingerprint density at radius 2 is 1.81 bits per heavy atom. The van der Waals surface area contributed by atoms with E-state index in [1.54, 1.807) is 18.2 Å². The van der Waals surface area contributed by atoms with E-state index in [0.29, 0.717) is 35.2 Å².